The van der Waals surface area contributed by atoms with Crippen LogP contribution in [0, 0.1) is 31.1 Å². The SMILES string of the molecule is Cc1cc(N(CCC#N)CC(C)C)cc(C)n1. The summed E-state index contributed by atoms with van der Waals surface area (Å²) in [4.78, 5) is 6.66. The summed E-state index contributed by atoms with van der Waals surface area (Å²) >= 11 is 0. The molecular formula is C14H21N3. The third-order valence-corrected chi connectivity index (χ3v) is 2.51. The number of rotatable bonds is 5. The predicted molar refractivity (Wildman–Crippen MR) is 71.0 cm³/mol. The van der Waals surface area contributed by atoms with Crippen LogP contribution in [0.4, 0.5) is 5.69 Å². The number of nitriles is 1. The number of aryl methyl sites for hydroxylation is 2. The summed E-state index contributed by atoms with van der Waals surface area (Å²) in [6.07, 6.45) is 0.563. The van der Waals surface area contributed by atoms with Gasteiger partial charge in [-0.3, -0.25) is 4.98 Å². The molecule has 0 saturated carbocycles. The quantitative estimate of drug-likeness (QED) is 0.782. The molecule has 1 heterocycles. The second-order valence-corrected chi connectivity index (χ2v) is 4.86. The summed E-state index contributed by atoms with van der Waals surface area (Å²) < 4.78 is 0. The summed E-state index contributed by atoms with van der Waals surface area (Å²) in [5.41, 5.74) is 3.25. The fraction of sp³-hybridized carbons (Fsp3) is 0.571. The zero-order chi connectivity index (χ0) is 12.8. The van der Waals surface area contributed by atoms with Crippen molar-refractivity contribution >= 4 is 5.69 Å². The highest BCUT2D eigenvalue weighted by molar-refractivity contribution is 5.48. The van der Waals surface area contributed by atoms with Gasteiger partial charge in [-0.05, 0) is 31.9 Å². The largest absolute Gasteiger partial charge is 0.370 e. The molecule has 92 valence electrons. The summed E-state index contributed by atoms with van der Waals surface area (Å²) in [6.45, 7) is 10.2. The highest BCUT2D eigenvalue weighted by Crippen LogP contribution is 2.18. The molecule has 0 aliphatic heterocycles. The van der Waals surface area contributed by atoms with Crippen molar-refractivity contribution in [3.8, 4) is 6.07 Å². The van der Waals surface area contributed by atoms with Crippen molar-refractivity contribution in [2.24, 2.45) is 5.92 Å². The molecule has 17 heavy (non-hydrogen) atoms. The Labute approximate surface area is 104 Å². The van der Waals surface area contributed by atoms with Gasteiger partial charge >= 0.3 is 0 Å². The second kappa shape index (κ2) is 6.24. The summed E-state index contributed by atoms with van der Waals surface area (Å²) in [5.74, 6) is 0.586. The Hall–Kier alpha value is -1.56. The van der Waals surface area contributed by atoms with Gasteiger partial charge in [0.2, 0.25) is 0 Å². The molecule has 0 radical (unpaired) electrons. The van der Waals surface area contributed by atoms with Crippen molar-refractivity contribution < 1.29 is 0 Å². The molecule has 0 aromatic carbocycles. The highest BCUT2D eigenvalue weighted by Gasteiger charge is 2.09. The van der Waals surface area contributed by atoms with Gasteiger partial charge in [0.1, 0.15) is 0 Å². The molecule has 0 aliphatic rings. The number of anilines is 1. The van der Waals surface area contributed by atoms with Crippen molar-refractivity contribution in [2.45, 2.75) is 34.1 Å². The van der Waals surface area contributed by atoms with Crippen LogP contribution in [0.2, 0.25) is 0 Å². The van der Waals surface area contributed by atoms with Gasteiger partial charge < -0.3 is 4.90 Å². The Kier molecular flexibility index (Phi) is 4.96. The van der Waals surface area contributed by atoms with Crippen molar-refractivity contribution in [1.29, 1.82) is 5.26 Å². The zero-order valence-corrected chi connectivity index (χ0v) is 11.2. The smallest absolute Gasteiger partial charge is 0.0640 e. The van der Waals surface area contributed by atoms with E-state index in [9.17, 15) is 0 Å². The first-order valence-electron chi connectivity index (χ1n) is 6.10. The van der Waals surface area contributed by atoms with E-state index >= 15 is 0 Å². The Bertz CT molecular complexity index is 384. The molecule has 3 nitrogen and oxygen atoms in total. The van der Waals surface area contributed by atoms with Crippen LogP contribution in [-0.2, 0) is 0 Å². The van der Waals surface area contributed by atoms with Crippen molar-refractivity contribution in [1.82, 2.24) is 4.98 Å². The maximum absolute atomic E-state index is 8.72. The second-order valence-electron chi connectivity index (χ2n) is 4.86. The van der Waals surface area contributed by atoms with Gasteiger partial charge in [-0.15, -0.1) is 0 Å². The van der Waals surface area contributed by atoms with Crippen molar-refractivity contribution in [3.05, 3.63) is 23.5 Å². The normalized spacial score (nSPS) is 10.4. The molecule has 0 saturated heterocycles. The van der Waals surface area contributed by atoms with Crippen LogP contribution < -0.4 is 4.90 Å². The molecule has 0 atom stereocenters. The first kappa shape index (κ1) is 13.5. The van der Waals surface area contributed by atoms with E-state index in [1.807, 2.05) is 13.8 Å². The number of hydrogen-bond donors (Lipinski definition) is 0. The van der Waals surface area contributed by atoms with E-state index in [1.165, 1.54) is 5.69 Å². The maximum Gasteiger partial charge on any atom is 0.0640 e. The number of nitrogens with zero attached hydrogens (tertiary/aromatic N) is 3. The maximum atomic E-state index is 8.72. The lowest BCUT2D eigenvalue weighted by molar-refractivity contribution is 0.611. The Morgan fingerprint density at radius 2 is 1.88 bits per heavy atom. The average Bonchev–Trinajstić information content (AvgIpc) is 2.22. The summed E-state index contributed by atoms with van der Waals surface area (Å²) in [6, 6.07) is 6.39. The number of aromatic nitrogens is 1. The van der Waals surface area contributed by atoms with Crippen LogP contribution in [0.1, 0.15) is 31.7 Å². The van der Waals surface area contributed by atoms with E-state index in [-0.39, 0.29) is 0 Å². The minimum absolute atomic E-state index is 0.563. The van der Waals surface area contributed by atoms with Gasteiger partial charge in [0.15, 0.2) is 0 Å². The lowest BCUT2D eigenvalue weighted by atomic mass is 10.1. The fourth-order valence-corrected chi connectivity index (χ4v) is 1.95. The van der Waals surface area contributed by atoms with Crippen LogP contribution >= 0.6 is 0 Å². The first-order chi connectivity index (χ1) is 8.02. The summed E-state index contributed by atoms with van der Waals surface area (Å²) in [7, 11) is 0. The van der Waals surface area contributed by atoms with Gasteiger partial charge in [-0.1, -0.05) is 13.8 Å². The standard InChI is InChI=1S/C14H21N3/c1-11(2)10-17(7-5-6-15)14-8-12(3)16-13(4)9-14/h8-9,11H,5,7,10H2,1-4H3. The lowest BCUT2D eigenvalue weighted by Crippen LogP contribution is -2.28. The van der Waals surface area contributed by atoms with E-state index in [2.05, 4.69) is 41.9 Å². The van der Waals surface area contributed by atoms with Gasteiger partial charge in [0.05, 0.1) is 12.5 Å². The third-order valence-electron chi connectivity index (χ3n) is 2.51. The highest BCUT2D eigenvalue weighted by atomic mass is 15.1. The average molecular weight is 231 g/mol. The summed E-state index contributed by atoms with van der Waals surface area (Å²) in [5, 5.41) is 8.72. The first-order valence-corrected chi connectivity index (χ1v) is 6.10. The van der Waals surface area contributed by atoms with Crippen molar-refractivity contribution in [2.75, 3.05) is 18.0 Å². The Morgan fingerprint density at radius 3 is 2.35 bits per heavy atom. The van der Waals surface area contributed by atoms with Crippen molar-refractivity contribution in [3.63, 3.8) is 0 Å². The molecule has 0 fully saturated rings. The van der Waals surface area contributed by atoms with Gasteiger partial charge in [-0.2, -0.15) is 5.26 Å². The molecule has 1 aromatic rings. The number of hydrogen-bond acceptors (Lipinski definition) is 3. The fourth-order valence-electron chi connectivity index (χ4n) is 1.95. The molecular weight excluding hydrogens is 210 g/mol. The predicted octanol–water partition coefficient (Wildman–Crippen LogP) is 3.07. The zero-order valence-electron chi connectivity index (χ0n) is 11.2. The topological polar surface area (TPSA) is 39.9 Å². The van der Waals surface area contributed by atoms with Crippen LogP contribution in [0.5, 0.6) is 0 Å². The molecule has 0 N–H and O–H groups in total. The Balaban J connectivity index is 2.91. The minimum Gasteiger partial charge on any atom is -0.370 e. The molecule has 1 rings (SSSR count). The monoisotopic (exact) mass is 231 g/mol. The van der Waals surface area contributed by atoms with Crippen LogP contribution in [0.3, 0.4) is 0 Å². The van der Waals surface area contributed by atoms with Crippen LogP contribution in [0.25, 0.3) is 0 Å². The van der Waals surface area contributed by atoms with Crippen LogP contribution in [0.15, 0.2) is 12.1 Å². The third kappa shape index (κ3) is 4.44. The van der Waals surface area contributed by atoms with Gasteiger partial charge in [-0.25, -0.2) is 0 Å². The lowest BCUT2D eigenvalue weighted by Gasteiger charge is -2.26. The molecule has 0 aliphatic carbocycles. The van der Waals surface area contributed by atoms with E-state index in [0.29, 0.717) is 12.3 Å². The molecule has 0 amide bonds. The number of pyridine rings is 1. The van der Waals surface area contributed by atoms with Crippen LogP contribution in [-0.4, -0.2) is 18.1 Å². The van der Waals surface area contributed by atoms with Gasteiger partial charge in [0, 0.05) is 30.2 Å². The van der Waals surface area contributed by atoms with E-state index in [0.717, 1.165) is 24.5 Å². The molecule has 0 unspecified atom stereocenters. The molecule has 0 bridgehead atoms. The van der Waals surface area contributed by atoms with E-state index < -0.39 is 0 Å². The molecule has 3 heteroatoms. The van der Waals surface area contributed by atoms with Gasteiger partial charge in [0.25, 0.3) is 0 Å². The van der Waals surface area contributed by atoms with E-state index in [4.69, 9.17) is 5.26 Å². The van der Waals surface area contributed by atoms with E-state index in [1.54, 1.807) is 0 Å². The molecule has 0 spiro atoms. The Morgan fingerprint density at radius 1 is 1.29 bits per heavy atom. The molecule has 1 aromatic heterocycles. The minimum atomic E-state index is 0.563.